The summed E-state index contributed by atoms with van der Waals surface area (Å²) in [4.78, 5) is 2.75. The van der Waals surface area contributed by atoms with Crippen LogP contribution in [0, 0.1) is 5.92 Å². The van der Waals surface area contributed by atoms with Gasteiger partial charge in [-0.05, 0) is 43.2 Å². The molecule has 0 amide bonds. The third kappa shape index (κ3) is 3.35. The van der Waals surface area contributed by atoms with Crippen LogP contribution in [-0.4, -0.2) is 29.6 Å². The smallest absolute Gasteiger partial charge is 0.0304 e. The van der Waals surface area contributed by atoms with E-state index >= 15 is 0 Å². The fraction of sp³-hybridized carbons (Fsp3) is 0.667. The number of rotatable bonds is 5. The van der Waals surface area contributed by atoms with E-state index in [-0.39, 0.29) is 0 Å². The van der Waals surface area contributed by atoms with Crippen molar-refractivity contribution in [2.24, 2.45) is 5.92 Å². The first kappa shape index (κ1) is 15.5. The molecular weight excluding hydrogens is 324 g/mol. The molecule has 1 unspecified atom stereocenters. The van der Waals surface area contributed by atoms with E-state index in [9.17, 15) is 0 Å². The molecule has 116 valence electrons. The Morgan fingerprint density at radius 2 is 1.95 bits per heavy atom. The molecule has 1 aliphatic carbocycles. The van der Waals surface area contributed by atoms with Crippen LogP contribution >= 0.6 is 15.9 Å². The van der Waals surface area contributed by atoms with E-state index in [2.05, 4.69) is 64.3 Å². The van der Waals surface area contributed by atoms with Gasteiger partial charge in [-0.2, -0.15) is 0 Å². The second kappa shape index (κ2) is 6.39. The number of benzene rings is 1. The molecule has 1 atom stereocenters. The van der Waals surface area contributed by atoms with Gasteiger partial charge in [-0.15, -0.1) is 0 Å². The first-order chi connectivity index (χ1) is 10.2. The Morgan fingerprint density at radius 3 is 2.57 bits per heavy atom. The van der Waals surface area contributed by atoms with Gasteiger partial charge >= 0.3 is 0 Å². The van der Waals surface area contributed by atoms with Crippen molar-refractivity contribution in [3.8, 4) is 0 Å². The zero-order valence-electron chi connectivity index (χ0n) is 13.2. The zero-order chi connectivity index (χ0) is 14.9. The summed E-state index contributed by atoms with van der Waals surface area (Å²) in [5, 5.41) is 3.88. The second-order valence-electron chi connectivity index (χ2n) is 6.77. The Hall–Kier alpha value is -0.380. The van der Waals surface area contributed by atoms with Crippen LogP contribution in [0.4, 0.5) is 0 Å². The molecule has 0 radical (unpaired) electrons. The molecule has 1 heterocycles. The van der Waals surface area contributed by atoms with Crippen molar-refractivity contribution in [2.75, 3.05) is 13.1 Å². The normalized spacial score (nSPS) is 26.0. The van der Waals surface area contributed by atoms with Gasteiger partial charge < -0.3 is 5.32 Å². The highest BCUT2D eigenvalue weighted by Crippen LogP contribution is 2.39. The fourth-order valence-corrected chi connectivity index (χ4v) is 4.11. The van der Waals surface area contributed by atoms with Crippen LogP contribution in [0.3, 0.4) is 0 Å². The lowest BCUT2D eigenvalue weighted by Crippen LogP contribution is -2.64. The highest BCUT2D eigenvalue weighted by Gasteiger charge is 2.42. The van der Waals surface area contributed by atoms with E-state index in [0.29, 0.717) is 5.54 Å². The maximum absolute atomic E-state index is 3.88. The van der Waals surface area contributed by atoms with Gasteiger partial charge in [0.1, 0.15) is 0 Å². The standard InChI is InChI=1S/C18H27BrN2/c1-3-18(4-2)13-21(17(11-20-18)14-9-10-14)12-15-7-5-6-8-16(15)19/h5-8,14,17,20H,3-4,9-13H2,1-2H3. The predicted octanol–water partition coefficient (Wildman–Crippen LogP) is 4.19. The maximum atomic E-state index is 3.88. The summed E-state index contributed by atoms with van der Waals surface area (Å²) in [6, 6.07) is 9.41. The molecule has 1 aromatic carbocycles. The van der Waals surface area contributed by atoms with Crippen LogP contribution in [-0.2, 0) is 6.54 Å². The quantitative estimate of drug-likeness (QED) is 0.856. The molecule has 0 spiro atoms. The van der Waals surface area contributed by atoms with Gasteiger partial charge in [-0.1, -0.05) is 48.0 Å². The summed E-state index contributed by atoms with van der Waals surface area (Å²) in [6.45, 7) is 8.07. The van der Waals surface area contributed by atoms with Crippen LogP contribution in [0.5, 0.6) is 0 Å². The number of halogens is 1. The Balaban J connectivity index is 1.79. The molecule has 0 bridgehead atoms. The van der Waals surface area contributed by atoms with E-state index in [1.807, 2.05) is 0 Å². The summed E-state index contributed by atoms with van der Waals surface area (Å²) in [5.41, 5.74) is 1.73. The second-order valence-corrected chi connectivity index (χ2v) is 7.62. The van der Waals surface area contributed by atoms with E-state index in [1.165, 1.54) is 42.3 Å². The van der Waals surface area contributed by atoms with Crippen molar-refractivity contribution in [1.29, 1.82) is 0 Å². The molecule has 2 nitrogen and oxygen atoms in total. The molecule has 2 aliphatic rings. The summed E-state index contributed by atoms with van der Waals surface area (Å²) in [6.07, 6.45) is 5.27. The first-order valence-corrected chi connectivity index (χ1v) is 9.19. The van der Waals surface area contributed by atoms with Gasteiger partial charge in [0.15, 0.2) is 0 Å². The third-order valence-corrected chi connectivity index (χ3v) is 6.29. The van der Waals surface area contributed by atoms with Crippen molar-refractivity contribution < 1.29 is 0 Å². The van der Waals surface area contributed by atoms with Crippen LogP contribution < -0.4 is 5.32 Å². The van der Waals surface area contributed by atoms with Gasteiger partial charge in [-0.3, -0.25) is 4.90 Å². The van der Waals surface area contributed by atoms with Crippen molar-refractivity contribution in [2.45, 2.75) is 57.7 Å². The Labute approximate surface area is 137 Å². The highest BCUT2D eigenvalue weighted by molar-refractivity contribution is 9.10. The van der Waals surface area contributed by atoms with Crippen LogP contribution in [0.1, 0.15) is 45.1 Å². The van der Waals surface area contributed by atoms with Gasteiger partial charge in [-0.25, -0.2) is 0 Å². The Morgan fingerprint density at radius 1 is 1.24 bits per heavy atom. The van der Waals surface area contributed by atoms with Crippen molar-refractivity contribution in [3.05, 3.63) is 34.3 Å². The van der Waals surface area contributed by atoms with Crippen molar-refractivity contribution >= 4 is 15.9 Å². The molecule has 1 aromatic rings. The molecule has 21 heavy (non-hydrogen) atoms. The van der Waals surface area contributed by atoms with Crippen LogP contribution in [0.15, 0.2) is 28.7 Å². The van der Waals surface area contributed by atoms with Gasteiger partial charge in [0.25, 0.3) is 0 Å². The fourth-order valence-electron chi connectivity index (χ4n) is 3.70. The third-order valence-electron chi connectivity index (χ3n) is 5.51. The summed E-state index contributed by atoms with van der Waals surface area (Å²) in [7, 11) is 0. The number of hydrogen-bond donors (Lipinski definition) is 1. The lowest BCUT2D eigenvalue weighted by atomic mass is 9.87. The summed E-state index contributed by atoms with van der Waals surface area (Å²) in [5.74, 6) is 0.923. The van der Waals surface area contributed by atoms with Crippen molar-refractivity contribution in [3.63, 3.8) is 0 Å². The molecule has 1 saturated carbocycles. The lowest BCUT2D eigenvalue weighted by Gasteiger charge is -2.48. The summed E-state index contributed by atoms with van der Waals surface area (Å²) >= 11 is 3.72. The van der Waals surface area contributed by atoms with E-state index in [0.717, 1.165) is 25.0 Å². The molecule has 3 heteroatoms. The molecule has 2 fully saturated rings. The Bertz CT molecular complexity index is 480. The average Bonchev–Trinajstić information content (AvgIpc) is 3.34. The van der Waals surface area contributed by atoms with E-state index in [4.69, 9.17) is 0 Å². The number of nitrogens with zero attached hydrogens (tertiary/aromatic N) is 1. The molecular formula is C18H27BrN2. The SMILES string of the molecule is CCC1(CC)CN(Cc2ccccc2Br)C(C2CC2)CN1. The predicted molar refractivity (Wildman–Crippen MR) is 92.4 cm³/mol. The molecule has 1 saturated heterocycles. The van der Waals surface area contributed by atoms with E-state index in [1.54, 1.807) is 0 Å². The van der Waals surface area contributed by atoms with Gasteiger partial charge in [0.05, 0.1) is 0 Å². The Kier molecular flexibility index (Phi) is 4.72. The van der Waals surface area contributed by atoms with Gasteiger partial charge in [0.2, 0.25) is 0 Å². The molecule has 1 N–H and O–H groups in total. The number of piperazine rings is 1. The monoisotopic (exact) mass is 350 g/mol. The molecule has 0 aromatic heterocycles. The van der Waals surface area contributed by atoms with Crippen LogP contribution in [0.25, 0.3) is 0 Å². The molecule has 1 aliphatic heterocycles. The minimum absolute atomic E-state index is 0.312. The molecule has 3 rings (SSSR count). The first-order valence-electron chi connectivity index (χ1n) is 8.40. The zero-order valence-corrected chi connectivity index (χ0v) is 14.8. The summed E-state index contributed by atoms with van der Waals surface area (Å²) < 4.78 is 1.25. The van der Waals surface area contributed by atoms with E-state index < -0.39 is 0 Å². The number of hydrogen-bond acceptors (Lipinski definition) is 2. The maximum Gasteiger partial charge on any atom is 0.0304 e. The largest absolute Gasteiger partial charge is 0.308 e. The minimum atomic E-state index is 0.312. The highest BCUT2D eigenvalue weighted by atomic mass is 79.9. The van der Waals surface area contributed by atoms with Gasteiger partial charge in [0, 0.05) is 35.7 Å². The minimum Gasteiger partial charge on any atom is -0.308 e. The topological polar surface area (TPSA) is 15.3 Å². The average molecular weight is 351 g/mol. The lowest BCUT2D eigenvalue weighted by molar-refractivity contribution is 0.0555. The number of nitrogens with one attached hydrogen (secondary N) is 1. The van der Waals surface area contributed by atoms with Crippen LogP contribution in [0.2, 0.25) is 0 Å². The van der Waals surface area contributed by atoms with Crippen molar-refractivity contribution in [1.82, 2.24) is 10.2 Å².